The number of nitrogens with zero attached hydrogens (tertiary/aromatic N) is 2. The molecule has 172 valence electrons. The Balaban J connectivity index is 1.84. The Hall–Kier alpha value is -2.68. The van der Waals surface area contributed by atoms with Gasteiger partial charge in [-0.3, -0.25) is 14.5 Å². The van der Waals surface area contributed by atoms with Crippen molar-refractivity contribution in [1.29, 1.82) is 0 Å². The predicted octanol–water partition coefficient (Wildman–Crippen LogP) is 5.74. The van der Waals surface area contributed by atoms with Gasteiger partial charge in [-0.15, -0.1) is 0 Å². The van der Waals surface area contributed by atoms with Gasteiger partial charge in [-0.25, -0.2) is 4.39 Å². The van der Waals surface area contributed by atoms with Crippen molar-refractivity contribution in [2.45, 2.75) is 37.8 Å². The van der Waals surface area contributed by atoms with Gasteiger partial charge in [0.15, 0.2) is 5.69 Å². The number of hydrogen-bond acceptors (Lipinski definition) is 5. The summed E-state index contributed by atoms with van der Waals surface area (Å²) in [7, 11) is 0. The van der Waals surface area contributed by atoms with Crippen LogP contribution in [0.15, 0.2) is 48.5 Å². The van der Waals surface area contributed by atoms with E-state index in [-0.39, 0.29) is 32.5 Å². The molecule has 4 rings (SSSR count). The summed E-state index contributed by atoms with van der Waals surface area (Å²) in [6, 6.07) is 10.1. The van der Waals surface area contributed by atoms with Gasteiger partial charge in [-0.2, -0.15) is 4.37 Å². The molecule has 1 aliphatic rings. The van der Waals surface area contributed by atoms with Crippen LogP contribution in [0, 0.1) is 5.82 Å². The standard InChI is InChI=1S/C23H20Cl2FN3O3S/c24-18-19(28-33-21(18)25)23(32)29(16-7-3-4-14(26)12-16)20(13-8-10-17(30)11-9-13)22(31)27-15-5-1-2-6-15/h3-4,7-12,15,20,30H,1-2,5-6H2,(H,27,31)/t20-/m1/s1. The molecule has 1 aliphatic carbocycles. The highest BCUT2D eigenvalue weighted by Gasteiger charge is 2.37. The first-order valence-corrected chi connectivity index (χ1v) is 11.9. The first-order valence-electron chi connectivity index (χ1n) is 10.3. The van der Waals surface area contributed by atoms with Crippen molar-refractivity contribution in [3.05, 3.63) is 75.0 Å². The molecule has 1 atom stereocenters. The van der Waals surface area contributed by atoms with E-state index in [1.54, 1.807) is 12.1 Å². The lowest BCUT2D eigenvalue weighted by atomic mass is 10.0. The van der Waals surface area contributed by atoms with Crippen molar-refractivity contribution in [2.75, 3.05) is 4.90 Å². The summed E-state index contributed by atoms with van der Waals surface area (Å²) in [5, 5.41) is 12.7. The zero-order chi connectivity index (χ0) is 23.5. The molecule has 33 heavy (non-hydrogen) atoms. The monoisotopic (exact) mass is 507 g/mol. The molecule has 6 nitrogen and oxygen atoms in total. The van der Waals surface area contributed by atoms with Crippen LogP contribution in [0.1, 0.15) is 47.8 Å². The molecule has 2 N–H and O–H groups in total. The van der Waals surface area contributed by atoms with Crippen LogP contribution in [-0.4, -0.2) is 27.3 Å². The number of aromatic nitrogens is 1. The Labute approximate surface area is 204 Å². The third-order valence-electron chi connectivity index (χ3n) is 5.52. The Morgan fingerprint density at radius 1 is 1.15 bits per heavy atom. The molecule has 10 heteroatoms. The third-order valence-corrected chi connectivity index (χ3v) is 7.13. The highest BCUT2D eigenvalue weighted by Crippen LogP contribution is 2.35. The third kappa shape index (κ3) is 5.13. The average molecular weight is 508 g/mol. The maximum Gasteiger partial charge on any atom is 0.280 e. The quantitative estimate of drug-likeness (QED) is 0.445. The summed E-state index contributed by atoms with van der Waals surface area (Å²) in [5.74, 6) is -1.70. The van der Waals surface area contributed by atoms with Crippen LogP contribution in [0.4, 0.5) is 10.1 Å². The first kappa shape index (κ1) is 23.5. The zero-order valence-corrected chi connectivity index (χ0v) is 19.6. The van der Waals surface area contributed by atoms with E-state index in [9.17, 15) is 19.1 Å². The van der Waals surface area contributed by atoms with Crippen LogP contribution in [0.2, 0.25) is 9.36 Å². The molecule has 2 amide bonds. The molecule has 1 aromatic heterocycles. The van der Waals surface area contributed by atoms with Crippen LogP contribution in [0.25, 0.3) is 0 Å². The van der Waals surface area contributed by atoms with Crippen molar-refractivity contribution in [2.24, 2.45) is 0 Å². The maximum atomic E-state index is 14.2. The van der Waals surface area contributed by atoms with Gasteiger partial charge in [-0.05, 0) is 60.3 Å². The Kier molecular flexibility index (Phi) is 7.17. The van der Waals surface area contributed by atoms with Crippen LogP contribution in [-0.2, 0) is 4.79 Å². The van der Waals surface area contributed by atoms with Crippen LogP contribution < -0.4 is 10.2 Å². The van der Waals surface area contributed by atoms with Gasteiger partial charge < -0.3 is 10.4 Å². The van der Waals surface area contributed by atoms with E-state index in [1.807, 2.05) is 0 Å². The summed E-state index contributed by atoms with van der Waals surface area (Å²) in [4.78, 5) is 28.4. The fourth-order valence-corrected chi connectivity index (χ4v) is 4.93. The van der Waals surface area contributed by atoms with Gasteiger partial charge in [0.05, 0.1) is 0 Å². The summed E-state index contributed by atoms with van der Waals surface area (Å²) < 4.78 is 18.4. The minimum Gasteiger partial charge on any atom is -0.508 e. The van der Waals surface area contributed by atoms with Crippen molar-refractivity contribution >= 4 is 52.2 Å². The molecular formula is C23H20Cl2FN3O3S. The van der Waals surface area contributed by atoms with Gasteiger partial charge in [0.25, 0.3) is 5.91 Å². The molecule has 0 bridgehead atoms. The fourth-order valence-electron chi connectivity index (χ4n) is 3.94. The van der Waals surface area contributed by atoms with Crippen LogP contribution in [0.5, 0.6) is 5.75 Å². The van der Waals surface area contributed by atoms with Gasteiger partial charge in [0.1, 0.15) is 27.0 Å². The van der Waals surface area contributed by atoms with Gasteiger partial charge in [0.2, 0.25) is 5.91 Å². The topological polar surface area (TPSA) is 82.5 Å². The number of phenolic OH excluding ortho intramolecular Hbond substituents is 1. The SMILES string of the molecule is O=C(NC1CCCC1)[C@@H](c1ccc(O)cc1)N(C(=O)c1nsc(Cl)c1Cl)c1cccc(F)c1. The number of amides is 2. The number of phenols is 1. The number of benzene rings is 2. The summed E-state index contributed by atoms with van der Waals surface area (Å²) in [6.45, 7) is 0. The normalized spacial score (nSPS) is 14.8. The number of anilines is 1. The largest absolute Gasteiger partial charge is 0.508 e. The predicted molar refractivity (Wildman–Crippen MR) is 127 cm³/mol. The molecular weight excluding hydrogens is 488 g/mol. The summed E-state index contributed by atoms with van der Waals surface area (Å²) in [6.07, 6.45) is 3.70. The van der Waals surface area contributed by atoms with E-state index in [1.165, 1.54) is 30.3 Å². The fraction of sp³-hybridized carbons (Fsp3) is 0.261. The second kappa shape index (κ2) is 10.1. The van der Waals surface area contributed by atoms with E-state index in [2.05, 4.69) is 9.69 Å². The number of carbonyl (C=O) groups excluding carboxylic acids is 2. The van der Waals surface area contributed by atoms with Crippen molar-refractivity contribution in [1.82, 2.24) is 9.69 Å². The van der Waals surface area contributed by atoms with Crippen molar-refractivity contribution in [3.63, 3.8) is 0 Å². The number of nitrogens with one attached hydrogen (secondary N) is 1. The van der Waals surface area contributed by atoms with E-state index in [0.717, 1.165) is 48.2 Å². The summed E-state index contributed by atoms with van der Waals surface area (Å²) >= 11 is 13.1. The van der Waals surface area contributed by atoms with Crippen LogP contribution in [0.3, 0.4) is 0 Å². The number of hydrogen-bond donors (Lipinski definition) is 2. The van der Waals surface area contributed by atoms with Crippen molar-refractivity contribution in [3.8, 4) is 5.75 Å². The van der Waals surface area contributed by atoms with E-state index < -0.39 is 23.7 Å². The molecule has 0 unspecified atom stereocenters. The number of rotatable bonds is 6. The molecule has 3 aromatic rings. The highest BCUT2D eigenvalue weighted by molar-refractivity contribution is 7.11. The van der Waals surface area contributed by atoms with E-state index >= 15 is 0 Å². The lowest BCUT2D eigenvalue weighted by Gasteiger charge is -2.32. The molecule has 1 fully saturated rings. The lowest BCUT2D eigenvalue weighted by molar-refractivity contribution is -0.123. The molecule has 0 saturated heterocycles. The Bertz CT molecular complexity index is 1170. The maximum absolute atomic E-state index is 14.2. The molecule has 1 heterocycles. The second-order valence-electron chi connectivity index (χ2n) is 7.76. The van der Waals surface area contributed by atoms with E-state index in [4.69, 9.17) is 23.2 Å². The number of carbonyl (C=O) groups is 2. The zero-order valence-electron chi connectivity index (χ0n) is 17.3. The van der Waals surface area contributed by atoms with Crippen molar-refractivity contribution < 1.29 is 19.1 Å². The van der Waals surface area contributed by atoms with Crippen LogP contribution >= 0.6 is 34.7 Å². The smallest absolute Gasteiger partial charge is 0.280 e. The highest BCUT2D eigenvalue weighted by atomic mass is 35.5. The Morgan fingerprint density at radius 2 is 1.85 bits per heavy atom. The van der Waals surface area contributed by atoms with E-state index in [0.29, 0.717) is 5.56 Å². The Morgan fingerprint density at radius 3 is 2.45 bits per heavy atom. The molecule has 1 saturated carbocycles. The van der Waals surface area contributed by atoms with Gasteiger partial charge in [-0.1, -0.05) is 54.2 Å². The minimum absolute atomic E-state index is 0.00617. The average Bonchev–Trinajstić information content (AvgIpc) is 3.42. The summed E-state index contributed by atoms with van der Waals surface area (Å²) in [5.41, 5.74) is 0.451. The number of halogens is 3. The second-order valence-corrected chi connectivity index (χ2v) is 9.51. The van der Waals surface area contributed by atoms with Gasteiger partial charge >= 0.3 is 0 Å². The minimum atomic E-state index is -1.17. The van der Waals surface area contributed by atoms with Gasteiger partial charge in [0, 0.05) is 11.7 Å². The molecule has 0 aliphatic heterocycles. The molecule has 2 aromatic carbocycles. The number of aromatic hydroxyl groups is 1. The molecule has 0 radical (unpaired) electrons. The lowest BCUT2D eigenvalue weighted by Crippen LogP contribution is -2.46. The first-order chi connectivity index (χ1) is 15.8. The molecule has 0 spiro atoms.